The summed E-state index contributed by atoms with van der Waals surface area (Å²) in [6.45, 7) is 5.56. The number of hydrogen-bond donors (Lipinski definition) is 1. The monoisotopic (exact) mass is 403 g/mol. The van der Waals surface area contributed by atoms with Crippen molar-refractivity contribution < 1.29 is 14.4 Å². The third-order valence-corrected chi connectivity index (χ3v) is 5.81. The van der Waals surface area contributed by atoms with Crippen LogP contribution in [-0.4, -0.2) is 53.2 Å². The maximum Gasteiger partial charge on any atom is 0.258 e. The van der Waals surface area contributed by atoms with Crippen molar-refractivity contribution in [2.45, 2.75) is 25.3 Å². The molecule has 0 atom stereocenters. The Morgan fingerprint density at radius 1 is 0.967 bits per heavy atom. The lowest BCUT2D eigenvalue weighted by atomic mass is 10.0. The zero-order chi connectivity index (χ0) is 21.1. The molecule has 2 aliphatic heterocycles. The van der Waals surface area contributed by atoms with Gasteiger partial charge in [0.15, 0.2) is 0 Å². The molecule has 0 aliphatic carbocycles. The van der Waals surface area contributed by atoms with Crippen molar-refractivity contribution in [3.63, 3.8) is 0 Å². The maximum atomic E-state index is 12.7. The highest BCUT2D eigenvalue weighted by Crippen LogP contribution is 2.31. The van der Waals surface area contributed by atoms with Crippen LogP contribution >= 0.6 is 0 Å². The fourth-order valence-corrected chi connectivity index (χ4v) is 4.07. The van der Waals surface area contributed by atoms with E-state index in [1.807, 2.05) is 41.3 Å². The highest BCUT2D eigenvalue weighted by molar-refractivity contribution is 6.08. The van der Waals surface area contributed by atoms with Crippen molar-refractivity contribution in [2.24, 2.45) is 0 Å². The van der Waals surface area contributed by atoms with Crippen molar-refractivity contribution in [3.05, 3.63) is 77.9 Å². The number of amides is 3. The maximum absolute atomic E-state index is 12.7. The van der Waals surface area contributed by atoms with E-state index < -0.39 is 0 Å². The smallest absolute Gasteiger partial charge is 0.258 e. The lowest BCUT2D eigenvalue weighted by Crippen LogP contribution is -2.47. The molecule has 4 rings (SSSR count). The Kier molecular flexibility index (Phi) is 5.65. The summed E-state index contributed by atoms with van der Waals surface area (Å²) in [4.78, 5) is 40.9. The van der Waals surface area contributed by atoms with Crippen LogP contribution in [0.3, 0.4) is 0 Å². The molecular weight excluding hydrogens is 378 g/mol. The summed E-state index contributed by atoms with van der Waals surface area (Å²) in [6.07, 6.45) is 1.72. The van der Waals surface area contributed by atoms with Crippen LogP contribution in [-0.2, 0) is 4.79 Å². The third-order valence-electron chi connectivity index (χ3n) is 5.81. The fraction of sp³-hybridized carbons (Fsp3) is 0.292. The standard InChI is InChI=1S/C24H25N3O3/c1-17-20-9-5-6-10-21(20)24(30)27(17)16-13-22(28)26-14-11-19(12-15-26)25-23(29)18-7-3-2-4-8-18/h2-10,19H,1,11-16H2,(H,25,29). The summed E-state index contributed by atoms with van der Waals surface area (Å²) in [5.41, 5.74) is 2.79. The first-order valence-corrected chi connectivity index (χ1v) is 10.3. The van der Waals surface area contributed by atoms with Gasteiger partial charge in [-0.2, -0.15) is 0 Å². The van der Waals surface area contributed by atoms with Gasteiger partial charge in [-0.1, -0.05) is 43.0 Å². The zero-order valence-electron chi connectivity index (χ0n) is 16.8. The van der Waals surface area contributed by atoms with E-state index in [9.17, 15) is 14.4 Å². The Labute approximate surface area is 176 Å². The molecule has 1 N–H and O–H groups in total. The first-order valence-electron chi connectivity index (χ1n) is 10.3. The summed E-state index contributed by atoms with van der Waals surface area (Å²) in [6, 6.07) is 16.6. The third kappa shape index (κ3) is 3.99. The Morgan fingerprint density at radius 3 is 2.27 bits per heavy atom. The minimum absolute atomic E-state index is 0.0272. The number of hydrogen-bond acceptors (Lipinski definition) is 3. The van der Waals surface area contributed by atoms with Gasteiger partial charge in [0.25, 0.3) is 11.8 Å². The first kappa shape index (κ1) is 19.9. The van der Waals surface area contributed by atoms with Gasteiger partial charge in [0.1, 0.15) is 0 Å². The normalized spacial score (nSPS) is 16.5. The molecule has 154 valence electrons. The van der Waals surface area contributed by atoms with Gasteiger partial charge >= 0.3 is 0 Å². The molecule has 3 amide bonds. The van der Waals surface area contributed by atoms with Crippen molar-refractivity contribution in [2.75, 3.05) is 19.6 Å². The van der Waals surface area contributed by atoms with Crippen LogP contribution in [0.15, 0.2) is 61.2 Å². The lowest BCUT2D eigenvalue weighted by Gasteiger charge is -2.33. The molecule has 0 saturated carbocycles. The van der Waals surface area contributed by atoms with E-state index in [1.165, 1.54) is 0 Å². The Bertz CT molecular complexity index is 943. The van der Waals surface area contributed by atoms with E-state index in [1.54, 1.807) is 23.1 Å². The molecule has 6 nitrogen and oxygen atoms in total. The Hall–Kier alpha value is -3.41. The highest BCUT2D eigenvalue weighted by atomic mass is 16.2. The van der Waals surface area contributed by atoms with Crippen molar-refractivity contribution >= 4 is 23.4 Å². The van der Waals surface area contributed by atoms with Gasteiger partial charge in [0, 0.05) is 54.5 Å². The van der Waals surface area contributed by atoms with Gasteiger partial charge in [0.05, 0.1) is 0 Å². The number of carbonyl (C=O) groups is 3. The van der Waals surface area contributed by atoms with Gasteiger partial charge in [-0.25, -0.2) is 0 Å². The van der Waals surface area contributed by atoms with Crippen LogP contribution in [0, 0.1) is 0 Å². The topological polar surface area (TPSA) is 69.7 Å². The number of carbonyl (C=O) groups excluding carboxylic acids is 3. The number of fused-ring (bicyclic) bond motifs is 1. The van der Waals surface area contributed by atoms with Crippen molar-refractivity contribution in [3.8, 4) is 0 Å². The molecule has 0 bridgehead atoms. The van der Waals surface area contributed by atoms with E-state index in [-0.39, 0.29) is 30.2 Å². The molecule has 2 aliphatic rings. The van der Waals surface area contributed by atoms with E-state index in [2.05, 4.69) is 11.9 Å². The molecule has 30 heavy (non-hydrogen) atoms. The van der Waals surface area contributed by atoms with Crippen LogP contribution in [0.25, 0.3) is 5.70 Å². The van der Waals surface area contributed by atoms with Gasteiger partial charge in [-0.05, 0) is 31.0 Å². The number of nitrogens with zero attached hydrogens (tertiary/aromatic N) is 2. The van der Waals surface area contributed by atoms with E-state index in [4.69, 9.17) is 0 Å². The second kappa shape index (κ2) is 8.53. The average molecular weight is 403 g/mol. The van der Waals surface area contributed by atoms with Gasteiger partial charge in [0.2, 0.25) is 5.91 Å². The Balaban J connectivity index is 1.25. The number of likely N-dealkylation sites (tertiary alicyclic amines) is 1. The Morgan fingerprint density at radius 2 is 1.60 bits per heavy atom. The molecule has 1 saturated heterocycles. The van der Waals surface area contributed by atoms with Crippen LogP contribution in [0.4, 0.5) is 0 Å². The summed E-state index contributed by atoms with van der Waals surface area (Å²) in [7, 11) is 0. The molecule has 1 fully saturated rings. The molecule has 0 unspecified atom stereocenters. The molecule has 0 spiro atoms. The van der Waals surface area contributed by atoms with Crippen LogP contribution < -0.4 is 5.32 Å². The second-order valence-electron chi connectivity index (χ2n) is 7.69. The summed E-state index contributed by atoms with van der Waals surface area (Å²) in [5.74, 6) is -0.142. The molecule has 2 aromatic carbocycles. The number of piperidine rings is 1. The molecule has 6 heteroatoms. The van der Waals surface area contributed by atoms with Gasteiger partial charge in [-0.15, -0.1) is 0 Å². The predicted octanol–water partition coefficient (Wildman–Crippen LogP) is 2.92. The second-order valence-corrected chi connectivity index (χ2v) is 7.69. The molecule has 0 radical (unpaired) electrons. The summed E-state index contributed by atoms with van der Waals surface area (Å²) >= 11 is 0. The summed E-state index contributed by atoms with van der Waals surface area (Å²) < 4.78 is 0. The van der Waals surface area contributed by atoms with Crippen LogP contribution in [0.5, 0.6) is 0 Å². The van der Waals surface area contributed by atoms with Crippen LogP contribution in [0.2, 0.25) is 0 Å². The minimum atomic E-state index is -0.0919. The van der Waals surface area contributed by atoms with Gasteiger partial charge in [-0.3, -0.25) is 14.4 Å². The highest BCUT2D eigenvalue weighted by Gasteiger charge is 2.31. The van der Waals surface area contributed by atoms with Crippen molar-refractivity contribution in [1.29, 1.82) is 0 Å². The quantitative estimate of drug-likeness (QED) is 0.835. The number of rotatable bonds is 5. The fourth-order valence-electron chi connectivity index (χ4n) is 4.07. The van der Waals surface area contributed by atoms with E-state index >= 15 is 0 Å². The molecule has 2 heterocycles. The van der Waals surface area contributed by atoms with Crippen LogP contribution in [0.1, 0.15) is 45.5 Å². The van der Waals surface area contributed by atoms with E-state index in [0.29, 0.717) is 36.5 Å². The minimum Gasteiger partial charge on any atom is -0.349 e. The van der Waals surface area contributed by atoms with E-state index in [0.717, 1.165) is 18.4 Å². The SMILES string of the molecule is C=C1c2ccccc2C(=O)N1CCC(=O)N1CCC(NC(=O)c2ccccc2)CC1. The molecular formula is C24H25N3O3. The molecule has 0 aromatic heterocycles. The number of nitrogens with one attached hydrogen (secondary N) is 1. The predicted molar refractivity (Wildman–Crippen MR) is 115 cm³/mol. The van der Waals surface area contributed by atoms with Crippen molar-refractivity contribution in [1.82, 2.24) is 15.1 Å². The zero-order valence-corrected chi connectivity index (χ0v) is 16.8. The lowest BCUT2D eigenvalue weighted by molar-refractivity contribution is -0.132. The molecule has 2 aromatic rings. The summed E-state index contributed by atoms with van der Waals surface area (Å²) in [5, 5.41) is 3.05. The first-order chi connectivity index (χ1) is 14.5. The largest absolute Gasteiger partial charge is 0.349 e. The van der Waals surface area contributed by atoms with Gasteiger partial charge < -0.3 is 15.1 Å². The average Bonchev–Trinajstić information content (AvgIpc) is 3.03. The number of benzene rings is 2.